The molecule has 2 aromatic rings. The number of methoxy groups -OCH3 is 1. The topological polar surface area (TPSA) is 170 Å². The van der Waals surface area contributed by atoms with Crippen LogP contribution in [0.15, 0.2) is 30.5 Å². The second kappa shape index (κ2) is 16.7. The Morgan fingerprint density at radius 3 is 2.43 bits per heavy atom. The highest BCUT2D eigenvalue weighted by atomic mass is 16.5. The number of rotatable bonds is 18. The highest BCUT2D eigenvalue weighted by Crippen LogP contribution is 2.28. The minimum absolute atomic E-state index is 0.154. The zero-order valence-corrected chi connectivity index (χ0v) is 22.3. The molecule has 3 atom stereocenters. The molecule has 0 aliphatic carbocycles. The fraction of sp³-hybridized carbons (Fsp3) is 0.593. The Kier molecular flexibility index (Phi) is 13.7. The van der Waals surface area contributed by atoms with E-state index in [4.69, 9.17) is 21.9 Å². The van der Waals surface area contributed by atoms with Crippen molar-refractivity contribution >= 4 is 28.4 Å². The molecule has 0 saturated carbocycles. The molecule has 0 radical (unpaired) electrons. The first-order chi connectivity index (χ1) is 17.9. The number of hydrogen-bond donors (Lipinski definition) is 6. The fourth-order valence-corrected chi connectivity index (χ4v) is 4.15. The third kappa shape index (κ3) is 10.5. The molecule has 1 unspecified atom stereocenters. The lowest BCUT2D eigenvalue weighted by Gasteiger charge is -2.21. The number of ether oxygens (including phenoxy) is 1. The number of carbonyl (C=O) groups excluding carboxylic acids is 2. The number of carbonyl (C=O) groups is 2. The van der Waals surface area contributed by atoms with Crippen molar-refractivity contribution < 1.29 is 14.3 Å². The highest BCUT2D eigenvalue weighted by molar-refractivity contribution is 5.92. The SMILES string of the molecule is COc1cc(NC(C)CCCNC(=O)[C@@H](CCCCN)NC(=O)[C@H](N)CCCCN)c2ncccc2c1. The number of nitrogens with one attached hydrogen (secondary N) is 3. The number of fused-ring (bicyclic) bond motifs is 1. The predicted molar refractivity (Wildman–Crippen MR) is 149 cm³/mol. The Hall–Kier alpha value is -2.95. The summed E-state index contributed by atoms with van der Waals surface area (Å²) >= 11 is 0. The fourth-order valence-electron chi connectivity index (χ4n) is 4.15. The van der Waals surface area contributed by atoms with Gasteiger partial charge in [0.05, 0.1) is 24.4 Å². The van der Waals surface area contributed by atoms with Gasteiger partial charge in [0.15, 0.2) is 0 Å². The quantitative estimate of drug-likeness (QED) is 0.164. The van der Waals surface area contributed by atoms with E-state index >= 15 is 0 Å². The second-order valence-electron chi connectivity index (χ2n) is 9.47. The molecule has 1 aromatic heterocycles. The number of nitrogens with two attached hydrogens (primary N) is 3. The molecule has 1 heterocycles. The molecule has 2 rings (SSSR count). The van der Waals surface area contributed by atoms with Crippen LogP contribution in [0, 0.1) is 0 Å². The van der Waals surface area contributed by atoms with Crippen LogP contribution in [0.4, 0.5) is 5.69 Å². The Balaban J connectivity index is 1.85. The van der Waals surface area contributed by atoms with Gasteiger partial charge in [0, 0.05) is 30.2 Å². The van der Waals surface area contributed by atoms with Gasteiger partial charge in [0.1, 0.15) is 11.8 Å². The van der Waals surface area contributed by atoms with E-state index in [0.29, 0.717) is 32.5 Å². The van der Waals surface area contributed by atoms with E-state index in [1.807, 2.05) is 24.3 Å². The van der Waals surface area contributed by atoms with Crippen molar-refractivity contribution in [3.8, 4) is 5.75 Å². The second-order valence-corrected chi connectivity index (χ2v) is 9.47. The number of benzene rings is 1. The third-order valence-corrected chi connectivity index (χ3v) is 6.32. The lowest BCUT2D eigenvalue weighted by Crippen LogP contribution is -2.51. The van der Waals surface area contributed by atoms with Crippen molar-refractivity contribution in [3.05, 3.63) is 30.5 Å². The van der Waals surface area contributed by atoms with E-state index in [0.717, 1.165) is 60.9 Å². The average molecular weight is 516 g/mol. The van der Waals surface area contributed by atoms with E-state index in [9.17, 15) is 9.59 Å². The van der Waals surface area contributed by atoms with Crippen LogP contribution in [0.3, 0.4) is 0 Å². The maximum absolute atomic E-state index is 12.9. The molecule has 2 amide bonds. The van der Waals surface area contributed by atoms with Crippen molar-refractivity contribution in [2.45, 2.75) is 76.4 Å². The summed E-state index contributed by atoms with van der Waals surface area (Å²) in [6.45, 7) is 3.72. The third-order valence-electron chi connectivity index (χ3n) is 6.32. The summed E-state index contributed by atoms with van der Waals surface area (Å²) in [4.78, 5) is 29.9. The number of hydrogen-bond acceptors (Lipinski definition) is 8. The molecule has 1 aromatic carbocycles. The van der Waals surface area contributed by atoms with Crippen LogP contribution in [-0.4, -0.2) is 61.7 Å². The number of aromatic nitrogens is 1. The Morgan fingerprint density at radius 2 is 1.73 bits per heavy atom. The summed E-state index contributed by atoms with van der Waals surface area (Å²) in [5, 5.41) is 10.3. The van der Waals surface area contributed by atoms with Gasteiger partial charge >= 0.3 is 0 Å². The predicted octanol–water partition coefficient (Wildman–Crippen LogP) is 2.01. The van der Waals surface area contributed by atoms with Crippen LogP contribution >= 0.6 is 0 Å². The first kappa shape index (κ1) is 30.3. The lowest BCUT2D eigenvalue weighted by molar-refractivity contribution is -0.129. The highest BCUT2D eigenvalue weighted by Gasteiger charge is 2.23. The standard InChI is InChI=1S/C27H45N7O3/c1-19(33-24-18-21(37-2)17-20-10-8-15-31-25(20)24)9-7-16-32-27(36)23(12-4-6-14-29)34-26(35)22(30)11-3-5-13-28/h8,10,15,17-19,22-23,33H,3-7,9,11-14,16,28-30H2,1-2H3,(H,32,36)(H,34,35)/t19?,22-,23-/m1/s1. The number of pyridine rings is 1. The van der Waals surface area contributed by atoms with Crippen molar-refractivity contribution in [3.63, 3.8) is 0 Å². The number of nitrogens with zero attached hydrogens (tertiary/aromatic N) is 1. The largest absolute Gasteiger partial charge is 0.497 e. The van der Waals surface area contributed by atoms with Crippen LogP contribution in [-0.2, 0) is 9.59 Å². The molecule has 37 heavy (non-hydrogen) atoms. The van der Waals surface area contributed by atoms with Gasteiger partial charge in [-0.05, 0) is 77.1 Å². The first-order valence-electron chi connectivity index (χ1n) is 13.3. The monoisotopic (exact) mass is 515 g/mol. The van der Waals surface area contributed by atoms with Crippen LogP contribution in [0.1, 0.15) is 58.3 Å². The van der Waals surface area contributed by atoms with Gasteiger partial charge in [-0.3, -0.25) is 14.6 Å². The van der Waals surface area contributed by atoms with Gasteiger partial charge in [-0.2, -0.15) is 0 Å². The van der Waals surface area contributed by atoms with E-state index in [1.54, 1.807) is 13.3 Å². The van der Waals surface area contributed by atoms with Crippen molar-refractivity contribution in [2.24, 2.45) is 17.2 Å². The number of unbranched alkanes of at least 4 members (excludes halogenated alkanes) is 2. The lowest BCUT2D eigenvalue weighted by atomic mass is 10.1. The molecular weight excluding hydrogens is 470 g/mol. The zero-order valence-electron chi connectivity index (χ0n) is 22.3. The summed E-state index contributed by atoms with van der Waals surface area (Å²) in [6, 6.07) is 6.70. The van der Waals surface area contributed by atoms with Crippen LogP contribution < -0.4 is 37.9 Å². The van der Waals surface area contributed by atoms with E-state index in [2.05, 4.69) is 27.9 Å². The molecule has 0 fully saturated rings. The summed E-state index contributed by atoms with van der Waals surface area (Å²) in [6.07, 6.45) is 7.60. The normalized spacial score (nSPS) is 13.5. The molecule has 206 valence electrons. The molecule has 9 N–H and O–H groups in total. The maximum atomic E-state index is 12.9. The van der Waals surface area contributed by atoms with Crippen LogP contribution in [0.2, 0.25) is 0 Å². The van der Waals surface area contributed by atoms with E-state index in [1.165, 1.54) is 0 Å². The molecular formula is C27H45N7O3. The summed E-state index contributed by atoms with van der Waals surface area (Å²) in [5.41, 5.74) is 18.9. The molecule has 10 nitrogen and oxygen atoms in total. The average Bonchev–Trinajstić information content (AvgIpc) is 2.90. The molecule has 0 saturated heterocycles. The van der Waals surface area contributed by atoms with Gasteiger partial charge in [-0.25, -0.2) is 0 Å². The smallest absolute Gasteiger partial charge is 0.242 e. The zero-order chi connectivity index (χ0) is 27.0. The van der Waals surface area contributed by atoms with Gasteiger partial charge in [-0.1, -0.05) is 12.5 Å². The van der Waals surface area contributed by atoms with Crippen LogP contribution in [0.5, 0.6) is 5.75 Å². The van der Waals surface area contributed by atoms with Crippen molar-refractivity contribution in [1.82, 2.24) is 15.6 Å². The number of anilines is 1. The molecule has 0 aliphatic rings. The maximum Gasteiger partial charge on any atom is 0.242 e. The molecule has 0 aliphatic heterocycles. The summed E-state index contributed by atoms with van der Waals surface area (Å²) < 4.78 is 5.43. The Labute approximate surface area is 220 Å². The van der Waals surface area contributed by atoms with Gasteiger partial charge < -0.3 is 37.9 Å². The Morgan fingerprint density at radius 1 is 1.00 bits per heavy atom. The van der Waals surface area contributed by atoms with E-state index in [-0.39, 0.29) is 17.9 Å². The minimum Gasteiger partial charge on any atom is -0.497 e. The number of amides is 2. The van der Waals surface area contributed by atoms with Gasteiger partial charge in [0.2, 0.25) is 11.8 Å². The minimum atomic E-state index is -0.648. The summed E-state index contributed by atoms with van der Waals surface area (Å²) in [7, 11) is 1.65. The molecule has 10 heteroatoms. The van der Waals surface area contributed by atoms with Crippen molar-refractivity contribution in [2.75, 3.05) is 32.1 Å². The summed E-state index contributed by atoms with van der Waals surface area (Å²) in [5.74, 6) is 0.272. The Bertz CT molecular complexity index is 972. The first-order valence-corrected chi connectivity index (χ1v) is 13.3. The molecule has 0 bridgehead atoms. The van der Waals surface area contributed by atoms with Crippen LogP contribution in [0.25, 0.3) is 10.9 Å². The molecule has 0 spiro atoms. The van der Waals surface area contributed by atoms with E-state index < -0.39 is 12.1 Å². The van der Waals surface area contributed by atoms with Crippen molar-refractivity contribution in [1.29, 1.82) is 0 Å². The van der Waals surface area contributed by atoms with Gasteiger partial charge in [-0.15, -0.1) is 0 Å². The van der Waals surface area contributed by atoms with Gasteiger partial charge in [0.25, 0.3) is 0 Å².